The van der Waals surface area contributed by atoms with Gasteiger partial charge >= 0.3 is 0 Å². The van der Waals surface area contributed by atoms with Gasteiger partial charge < -0.3 is 14.8 Å². The van der Waals surface area contributed by atoms with Gasteiger partial charge in [0.05, 0.1) is 12.4 Å². The van der Waals surface area contributed by atoms with Gasteiger partial charge in [-0.1, -0.05) is 23.7 Å². The van der Waals surface area contributed by atoms with Crippen molar-refractivity contribution in [3.63, 3.8) is 0 Å². The first-order valence-corrected chi connectivity index (χ1v) is 7.27. The van der Waals surface area contributed by atoms with E-state index in [1.807, 2.05) is 12.1 Å². The van der Waals surface area contributed by atoms with E-state index in [4.69, 9.17) is 16.0 Å². The van der Waals surface area contributed by atoms with Crippen LogP contribution in [0.3, 0.4) is 0 Å². The minimum Gasteiger partial charge on any atom is -0.469 e. The Morgan fingerprint density at radius 1 is 1.38 bits per heavy atom. The number of aliphatic hydroxyl groups is 1. The highest BCUT2D eigenvalue weighted by Gasteiger charge is 2.45. The molecule has 5 heteroatoms. The van der Waals surface area contributed by atoms with Crippen LogP contribution in [0.4, 0.5) is 0 Å². The maximum atomic E-state index is 12.0. The van der Waals surface area contributed by atoms with Crippen molar-refractivity contribution in [2.24, 2.45) is 5.92 Å². The molecule has 1 aliphatic rings. The highest BCUT2D eigenvalue weighted by molar-refractivity contribution is 6.30. The van der Waals surface area contributed by atoms with E-state index < -0.39 is 6.10 Å². The van der Waals surface area contributed by atoms with E-state index in [9.17, 15) is 9.90 Å². The van der Waals surface area contributed by atoms with Crippen molar-refractivity contribution in [3.05, 3.63) is 59.0 Å². The van der Waals surface area contributed by atoms with Gasteiger partial charge in [-0.3, -0.25) is 4.79 Å². The van der Waals surface area contributed by atoms with Crippen LogP contribution in [0.2, 0.25) is 5.02 Å². The molecule has 110 valence electrons. The Balaban J connectivity index is 1.49. The number of nitrogens with one attached hydrogen (secondary N) is 1. The molecule has 1 fully saturated rings. The summed E-state index contributed by atoms with van der Waals surface area (Å²) in [6, 6.07) is 10.7. The minimum atomic E-state index is -0.730. The molecule has 1 amide bonds. The molecule has 3 atom stereocenters. The maximum absolute atomic E-state index is 12.0. The standard InChI is InChI=1S/C16H16ClNO3/c17-11-5-3-10(4-6-11)14(19)9-18-16(20)13-8-12(13)15-2-1-7-21-15/h1-7,12-14,19H,8-9H2,(H,18,20)/t12-,13+,14+/m1/s1. The number of hydrogen-bond acceptors (Lipinski definition) is 3. The third kappa shape index (κ3) is 3.28. The number of benzene rings is 1. The second kappa shape index (κ2) is 5.92. The van der Waals surface area contributed by atoms with Crippen molar-refractivity contribution < 1.29 is 14.3 Å². The predicted molar refractivity (Wildman–Crippen MR) is 79.0 cm³/mol. The number of halogens is 1. The molecule has 1 aromatic carbocycles. The summed E-state index contributed by atoms with van der Waals surface area (Å²) in [5, 5.41) is 13.4. The van der Waals surface area contributed by atoms with Crippen LogP contribution in [0.1, 0.15) is 29.8 Å². The predicted octanol–water partition coefficient (Wildman–Crippen LogP) is 2.89. The van der Waals surface area contributed by atoms with Crippen LogP contribution < -0.4 is 5.32 Å². The second-order valence-electron chi connectivity index (χ2n) is 5.28. The minimum absolute atomic E-state index is 0.0376. The van der Waals surface area contributed by atoms with Crippen molar-refractivity contribution in [2.45, 2.75) is 18.4 Å². The summed E-state index contributed by atoms with van der Waals surface area (Å²) < 4.78 is 5.30. The Labute approximate surface area is 127 Å². The Kier molecular flexibility index (Phi) is 3.99. The molecular formula is C16H16ClNO3. The molecule has 0 saturated heterocycles. The van der Waals surface area contributed by atoms with Gasteiger partial charge in [0.1, 0.15) is 5.76 Å². The van der Waals surface area contributed by atoms with Crippen LogP contribution in [0.25, 0.3) is 0 Å². The summed E-state index contributed by atoms with van der Waals surface area (Å²) in [7, 11) is 0. The van der Waals surface area contributed by atoms with Gasteiger partial charge in [-0.25, -0.2) is 0 Å². The summed E-state index contributed by atoms with van der Waals surface area (Å²) in [4.78, 5) is 12.0. The van der Waals surface area contributed by atoms with Crippen LogP contribution in [0.15, 0.2) is 47.1 Å². The Hall–Kier alpha value is -1.78. The Morgan fingerprint density at radius 2 is 2.14 bits per heavy atom. The number of furan rings is 1. The van der Waals surface area contributed by atoms with Crippen LogP contribution >= 0.6 is 11.6 Å². The van der Waals surface area contributed by atoms with Gasteiger partial charge in [-0.2, -0.15) is 0 Å². The fourth-order valence-corrected chi connectivity index (χ4v) is 2.56. The zero-order chi connectivity index (χ0) is 14.8. The number of hydrogen-bond donors (Lipinski definition) is 2. The Morgan fingerprint density at radius 3 is 2.81 bits per heavy atom. The van der Waals surface area contributed by atoms with Gasteiger partial charge in [0, 0.05) is 23.4 Å². The van der Waals surface area contributed by atoms with Crippen molar-refractivity contribution in [2.75, 3.05) is 6.54 Å². The molecule has 3 rings (SSSR count). The smallest absolute Gasteiger partial charge is 0.223 e. The van der Waals surface area contributed by atoms with Crippen molar-refractivity contribution in [1.82, 2.24) is 5.32 Å². The zero-order valence-corrected chi connectivity index (χ0v) is 12.1. The number of amides is 1. The molecule has 1 saturated carbocycles. The number of rotatable bonds is 5. The molecular weight excluding hydrogens is 290 g/mol. The average molecular weight is 306 g/mol. The lowest BCUT2D eigenvalue weighted by molar-refractivity contribution is -0.122. The molecule has 4 nitrogen and oxygen atoms in total. The normalized spacial score (nSPS) is 21.8. The monoisotopic (exact) mass is 305 g/mol. The van der Waals surface area contributed by atoms with E-state index in [-0.39, 0.29) is 24.3 Å². The first kappa shape index (κ1) is 14.2. The lowest BCUT2D eigenvalue weighted by Gasteiger charge is -2.12. The molecule has 0 spiro atoms. The largest absolute Gasteiger partial charge is 0.469 e. The fraction of sp³-hybridized carbons (Fsp3) is 0.312. The lowest BCUT2D eigenvalue weighted by Crippen LogP contribution is -2.29. The highest BCUT2D eigenvalue weighted by atomic mass is 35.5. The fourth-order valence-electron chi connectivity index (χ4n) is 2.43. The van der Waals surface area contributed by atoms with Crippen molar-refractivity contribution >= 4 is 17.5 Å². The molecule has 1 aliphatic carbocycles. The molecule has 0 unspecified atom stereocenters. The van der Waals surface area contributed by atoms with E-state index in [1.54, 1.807) is 30.5 Å². The molecule has 2 aromatic rings. The third-order valence-electron chi connectivity index (χ3n) is 3.76. The van der Waals surface area contributed by atoms with Gasteiger partial charge in [-0.05, 0) is 36.2 Å². The van der Waals surface area contributed by atoms with Gasteiger partial charge in [0.25, 0.3) is 0 Å². The van der Waals surface area contributed by atoms with E-state index >= 15 is 0 Å². The molecule has 21 heavy (non-hydrogen) atoms. The maximum Gasteiger partial charge on any atom is 0.223 e. The summed E-state index contributed by atoms with van der Waals surface area (Å²) in [6.45, 7) is 0.196. The SMILES string of the molecule is O=C(NC[C@H](O)c1ccc(Cl)cc1)[C@H]1C[C@H]1c1ccco1. The summed E-state index contributed by atoms with van der Waals surface area (Å²) in [6.07, 6.45) is 1.69. The molecule has 1 aromatic heterocycles. The number of carbonyl (C=O) groups is 1. The highest BCUT2D eigenvalue weighted by Crippen LogP contribution is 2.47. The van der Waals surface area contributed by atoms with Gasteiger partial charge in [0.15, 0.2) is 0 Å². The van der Waals surface area contributed by atoms with Crippen LogP contribution in [0.5, 0.6) is 0 Å². The second-order valence-corrected chi connectivity index (χ2v) is 5.71. The molecule has 2 N–H and O–H groups in total. The quantitative estimate of drug-likeness (QED) is 0.893. The van der Waals surface area contributed by atoms with E-state index in [0.717, 1.165) is 17.7 Å². The van der Waals surface area contributed by atoms with Gasteiger partial charge in [-0.15, -0.1) is 0 Å². The van der Waals surface area contributed by atoms with E-state index in [2.05, 4.69) is 5.32 Å². The number of aliphatic hydroxyl groups excluding tert-OH is 1. The van der Waals surface area contributed by atoms with Crippen LogP contribution in [0, 0.1) is 5.92 Å². The van der Waals surface area contributed by atoms with Gasteiger partial charge in [0.2, 0.25) is 5.91 Å². The molecule has 0 radical (unpaired) electrons. The summed E-state index contributed by atoms with van der Waals surface area (Å²) in [5.74, 6) is 0.944. The van der Waals surface area contributed by atoms with Crippen molar-refractivity contribution in [1.29, 1.82) is 0 Å². The molecule has 0 bridgehead atoms. The average Bonchev–Trinajstić information content (AvgIpc) is 3.11. The third-order valence-corrected chi connectivity index (χ3v) is 4.01. The Bertz CT molecular complexity index is 609. The lowest BCUT2D eigenvalue weighted by atomic mass is 10.1. The molecule has 0 aliphatic heterocycles. The molecule has 1 heterocycles. The van der Waals surface area contributed by atoms with E-state index in [1.165, 1.54) is 0 Å². The summed E-state index contributed by atoms with van der Waals surface area (Å²) in [5.41, 5.74) is 0.734. The first-order chi connectivity index (χ1) is 10.1. The zero-order valence-electron chi connectivity index (χ0n) is 11.3. The number of carbonyl (C=O) groups excluding carboxylic acids is 1. The van der Waals surface area contributed by atoms with Crippen LogP contribution in [-0.4, -0.2) is 17.6 Å². The van der Waals surface area contributed by atoms with Crippen LogP contribution in [-0.2, 0) is 4.79 Å². The van der Waals surface area contributed by atoms with E-state index in [0.29, 0.717) is 5.02 Å². The topological polar surface area (TPSA) is 62.5 Å². The van der Waals surface area contributed by atoms with Crippen molar-refractivity contribution in [3.8, 4) is 0 Å². The summed E-state index contributed by atoms with van der Waals surface area (Å²) >= 11 is 5.80. The first-order valence-electron chi connectivity index (χ1n) is 6.90.